The fourth-order valence-corrected chi connectivity index (χ4v) is 4.27. The van der Waals surface area contributed by atoms with Crippen molar-refractivity contribution in [2.24, 2.45) is 0 Å². The second-order valence-corrected chi connectivity index (χ2v) is 8.19. The highest BCUT2D eigenvalue weighted by Gasteiger charge is 2.13. The van der Waals surface area contributed by atoms with Crippen LogP contribution >= 0.6 is 0 Å². The molecule has 0 aliphatic heterocycles. The number of carboxylic acid groups (broad SMARTS) is 1. The number of anilines is 1. The van der Waals surface area contributed by atoms with Gasteiger partial charge in [0.25, 0.3) is 0 Å². The molecular weight excluding hydrogens is 442 g/mol. The van der Waals surface area contributed by atoms with Crippen molar-refractivity contribution >= 4 is 22.6 Å². The van der Waals surface area contributed by atoms with Gasteiger partial charge in [-0.1, -0.05) is 36.4 Å². The van der Waals surface area contributed by atoms with Gasteiger partial charge in [-0.15, -0.1) is 0 Å². The summed E-state index contributed by atoms with van der Waals surface area (Å²) in [6.07, 6.45) is 2.20. The van der Waals surface area contributed by atoms with E-state index in [1.54, 1.807) is 13.2 Å². The van der Waals surface area contributed by atoms with Crippen LogP contribution in [0.15, 0.2) is 60.9 Å². The van der Waals surface area contributed by atoms with E-state index in [4.69, 9.17) is 14.6 Å². The molecule has 1 aromatic heterocycles. The molecular formula is C28H29N3O4. The normalized spacial score (nSPS) is 10.8. The van der Waals surface area contributed by atoms with E-state index in [-0.39, 0.29) is 6.42 Å². The third-order valence-corrected chi connectivity index (χ3v) is 5.97. The van der Waals surface area contributed by atoms with Gasteiger partial charge in [0.05, 0.1) is 25.8 Å². The van der Waals surface area contributed by atoms with Crippen LogP contribution in [0.4, 0.5) is 5.82 Å². The number of methoxy groups -OCH3 is 1. The summed E-state index contributed by atoms with van der Waals surface area (Å²) in [5.41, 5.74) is 4.58. The van der Waals surface area contributed by atoms with Crippen LogP contribution in [0.1, 0.15) is 23.6 Å². The number of nitrogens with one attached hydrogen (secondary N) is 1. The molecule has 35 heavy (non-hydrogen) atoms. The Bertz CT molecular complexity index is 1350. The van der Waals surface area contributed by atoms with Crippen LogP contribution in [-0.2, 0) is 17.6 Å². The van der Waals surface area contributed by atoms with Crippen molar-refractivity contribution < 1.29 is 19.4 Å². The third kappa shape index (κ3) is 5.51. The van der Waals surface area contributed by atoms with Crippen LogP contribution in [0.5, 0.6) is 11.5 Å². The summed E-state index contributed by atoms with van der Waals surface area (Å²) >= 11 is 0. The lowest BCUT2D eigenvalue weighted by atomic mass is 9.97. The first kappa shape index (κ1) is 24.0. The first-order chi connectivity index (χ1) is 17.0. The molecule has 7 nitrogen and oxygen atoms in total. The summed E-state index contributed by atoms with van der Waals surface area (Å²) < 4.78 is 11.4. The molecule has 0 bridgehead atoms. The zero-order chi connectivity index (χ0) is 24.8. The van der Waals surface area contributed by atoms with Gasteiger partial charge in [-0.25, -0.2) is 9.97 Å². The van der Waals surface area contributed by atoms with Crippen molar-refractivity contribution in [3.8, 4) is 22.8 Å². The van der Waals surface area contributed by atoms with Gasteiger partial charge in [0.2, 0.25) is 0 Å². The molecule has 0 aliphatic carbocycles. The van der Waals surface area contributed by atoms with Gasteiger partial charge in [-0.05, 0) is 54.3 Å². The zero-order valence-electron chi connectivity index (χ0n) is 20.2. The number of nitrogens with zero attached hydrogens (tertiary/aromatic N) is 2. The molecule has 0 radical (unpaired) electrons. The molecule has 7 heteroatoms. The summed E-state index contributed by atoms with van der Waals surface area (Å²) in [6, 6.07) is 17.8. The molecule has 3 aromatic carbocycles. The van der Waals surface area contributed by atoms with E-state index in [9.17, 15) is 4.79 Å². The van der Waals surface area contributed by atoms with E-state index in [1.807, 2.05) is 31.2 Å². The van der Waals surface area contributed by atoms with Crippen LogP contribution in [0.25, 0.3) is 22.0 Å². The van der Waals surface area contributed by atoms with Crippen LogP contribution < -0.4 is 14.8 Å². The Kier molecular flexibility index (Phi) is 7.45. The minimum atomic E-state index is -0.898. The number of hydrogen-bond acceptors (Lipinski definition) is 6. The van der Waals surface area contributed by atoms with Crippen molar-refractivity contribution in [2.45, 2.75) is 26.7 Å². The number of carboxylic acids is 1. The van der Waals surface area contributed by atoms with E-state index >= 15 is 0 Å². The third-order valence-electron chi connectivity index (χ3n) is 5.97. The van der Waals surface area contributed by atoms with Crippen molar-refractivity contribution in [2.75, 3.05) is 25.6 Å². The van der Waals surface area contributed by atoms with Gasteiger partial charge >= 0.3 is 5.97 Å². The highest BCUT2D eigenvalue weighted by molar-refractivity contribution is 5.88. The molecule has 0 fully saturated rings. The highest BCUT2D eigenvalue weighted by atomic mass is 16.5. The SMILES string of the molecule is CCOc1cc(-c2cc(NCCc3c(OC)cc4ccccc4c3C)ncn2)ccc1CC(=O)O. The van der Waals surface area contributed by atoms with E-state index in [1.165, 1.54) is 28.2 Å². The van der Waals surface area contributed by atoms with Crippen molar-refractivity contribution in [1.29, 1.82) is 0 Å². The minimum Gasteiger partial charge on any atom is -0.496 e. The van der Waals surface area contributed by atoms with Gasteiger partial charge in [-0.2, -0.15) is 0 Å². The average molecular weight is 472 g/mol. The van der Waals surface area contributed by atoms with Crippen LogP contribution in [0.3, 0.4) is 0 Å². The molecule has 0 unspecified atom stereocenters. The molecule has 0 atom stereocenters. The van der Waals surface area contributed by atoms with Crippen LogP contribution in [0, 0.1) is 6.92 Å². The van der Waals surface area contributed by atoms with E-state index in [0.29, 0.717) is 30.3 Å². The fraction of sp³-hybridized carbons (Fsp3) is 0.250. The van der Waals surface area contributed by atoms with Gasteiger partial charge in [-0.3, -0.25) is 4.79 Å². The summed E-state index contributed by atoms with van der Waals surface area (Å²) in [7, 11) is 1.70. The van der Waals surface area contributed by atoms with Crippen molar-refractivity contribution in [3.05, 3.63) is 77.6 Å². The van der Waals surface area contributed by atoms with E-state index in [2.05, 4.69) is 46.5 Å². The Labute approximate surface area is 204 Å². The summed E-state index contributed by atoms with van der Waals surface area (Å²) in [6.45, 7) is 5.13. The smallest absolute Gasteiger partial charge is 0.307 e. The molecule has 0 spiro atoms. The largest absolute Gasteiger partial charge is 0.496 e. The van der Waals surface area contributed by atoms with Crippen LogP contribution in [0.2, 0.25) is 0 Å². The number of benzene rings is 3. The lowest BCUT2D eigenvalue weighted by Gasteiger charge is -2.15. The molecule has 0 amide bonds. The molecule has 180 valence electrons. The van der Waals surface area contributed by atoms with Crippen molar-refractivity contribution in [1.82, 2.24) is 9.97 Å². The summed E-state index contributed by atoms with van der Waals surface area (Å²) in [5, 5.41) is 14.9. The molecule has 4 aromatic rings. The summed E-state index contributed by atoms with van der Waals surface area (Å²) in [5.74, 6) is 1.25. The molecule has 2 N–H and O–H groups in total. The Balaban J connectivity index is 1.52. The average Bonchev–Trinajstić information content (AvgIpc) is 2.86. The second kappa shape index (κ2) is 10.9. The summed E-state index contributed by atoms with van der Waals surface area (Å²) in [4.78, 5) is 19.9. The molecule has 0 aliphatic rings. The number of aliphatic carboxylic acids is 1. The number of aromatic nitrogens is 2. The number of rotatable bonds is 10. The van der Waals surface area contributed by atoms with Crippen molar-refractivity contribution in [3.63, 3.8) is 0 Å². The van der Waals surface area contributed by atoms with E-state index in [0.717, 1.165) is 23.4 Å². The fourth-order valence-electron chi connectivity index (χ4n) is 4.27. The molecule has 0 saturated carbocycles. The Morgan fingerprint density at radius 1 is 1.06 bits per heavy atom. The highest BCUT2D eigenvalue weighted by Crippen LogP contribution is 2.31. The first-order valence-corrected chi connectivity index (χ1v) is 11.6. The Hall–Kier alpha value is -4.13. The van der Waals surface area contributed by atoms with Gasteiger partial charge in [0, 0.05) is 23.7 Å². The van der Waals surface area contributed by atoms with Gasteiger partial charge < -0.3 is 19.9 Å². The maximum absolute atomic E-state index is 11.2. The minimum absolute atomic E-state index is 0.0934. The monoisotopic (exact) mass is 471 g/mol. The van der Waals surface area contributed by atoms with Gasteiger partial charge in [0.1, 0.15) is 23.6 Å². The standard InChI is InChI=1S/C28H29N3O4/c1-4-35-25-14-20(9-10-21(25)15-28(32)33)24-16-27(31-17-30-24)29-12-11-23-18(2)22-8-6-5-7-19(22)13-26(23)34-3/h5-10,13-14,16-17H,4,11-12,15H2,1-3H3,(H,32,33)(H,29,30,31). The predicted molar refractivity (Wildman–Crippen MR) is 137 cm³/mol. The lowest BCUT2D eigenvalue weighted by Crippen LogP contribution is -2.09. The maximum Gasteiger partial charge on any atom is 0.307 e. The van der Waals surface area contributed by atoms with E-state index < -0.39 is 5.97 Å². The molecule has 1 heterocycles. The number of hydrogen-bond donors (Lipinski definition) is 2. The topological polar surface area (TPSA) is 93.6 Å². The second-order valence-electron chi connectivity index (χ2n) is 8.19. The number of carbonyl (C=O) groups is 1. The molecule has 4 rings (SSSR count). The predicted octanol–water partition coefficient (Wildman–Crippen LogP) is 5.29. The number of fused-ring (bicyclic) bond motifs is 1. The Morgan fingerprint density at radius 2 is 1.89 bits per heavy atom. The maximum atomic E-state index is 11.2. The number of aryl methyl sites for hydroxylation is 1. The zero-order valence-corrected chi connectivity index (χ0v) is 20.2. The van der Waals surface area contributed by atoms with Gasteiger partial charge in [0.15, 0.2) is 0 Å². The molecule has 0 saturated heterocycles. The lowest BCUT2D eigenvalue weighted by molar-refractivity contribution is -0.136. The quantitative estimate of drug-likeness (QED) is 0.324. The first-order valence-electron chi connectivity index (χ1n) is 11.6. The Morgan fingerprint density at radius 3 is 2.66 bits per heavy atom. The van der Waals surface area contributed by atoms with Crippen LogP contribution in [-0.4, -0.2) is 41.3 Å². The number of ether oxygens (including phenoxy) is 2.